The molecule has 0 heterocycles. The van der Waals surface area contributed by atoms with Gasteiger partial charge in [0.2, 0.25) is 5.91 Å². The van der Waals surface area contributed by atoms with E-state index in [0.29, 0.717) is 11.8 Å². The molecule has 14 heavy (non-hydrogen) atoms. The minimum atomic E-state index is -0.334. The molecule has 0 rings (SSSR count). The summed E-state index contributed by atoms with van der Waals surface area (Å²) in [5.41, 5.74) is 5.68. The molecule has 0 aliphatic carbocycles. The fourth-order valence-corrected chi connectivity index (χ4v) is 1.07. The minimum absolute atomic E-state index is 0.0145. The average molecular weight is 200 g/mol. The number of carbonyl (C=O) groups is 1. The van der Waals surface area contributed by atoms with Gasteiger partial charge in [-0.05, 0) is 18.3 Å². The van der Waals surface area contributed by atoms with E-state index in [2.05, 4.69) is 26.1 Å². The Labute approximate surface area is 87.4 Å². The van der Waals surface area contributed by atoms with Gasteiger partial charge < -0.3 is 11.1 Å². The molecule has 1 unspecified atom stereocenters. The molecule has 0 aliphatic heterocycles. The second-order valence-corrected chi connectivity index (χ2v) is 4.36. The Hall–Kier alpha value is -0.570. The fraction of sp³-hybridized carbons (Fsp3) is 0.909. The number of hydrogen-bond donors (Lipinski definition) is 2. The molecule has 0 fully saturated rings. The van der Waals surface area contributed by atoms with Gasteiger partial charge in [0.1, 0.15) is 0 Å². The third kappa shape index (κ3) is 5.22. The maximum atomic E-state index is 11.4. The summed E-state index contributed by atoms with van der Waals surface area (Å²) < 4.78 is 0. The lowest BCUT2D eigenvalue weighted by Crippen LogP contribution is -2.42. The summed E-state index contributed by atoms with van der Waals surface area (Å²) in [5, 5.41) is 2.88. The van der Waals surface area contributed by atoms with Crippen LogP contribution in [0.1, 0.15) is 40.5 Å². The Kier molecular flexibility index (Phi) is 6.54. The quantitative estimate of drug-likeness (QED) is 0.683. The van der Waals surface area contributed by atoms with E-state index in [9.17, 15) is 4.79 Å². The van der Waals surface area contributed by atoms with E-state index in [1.165, 1.54) is 0 Å². The zero-order valence-corrected chi connectivity index (χ0v) is 9.84. The number of nitrogens with one attached hydrogen (secondary N) is 1. The average Bonchev–Trinajstić information content (AvgIpc) is 2.13. The van der Waals surface area contributed by atoms with Crippen LogP contribution >= 0.6 is 0 Å². The van der Waals surface area contributed by atoms with Crippen molar-refractivity contribution in [1.29, 1.82) is 0 Å². The van der Waals surface area contributed by atoms with Crippen molar-refractivity contribution < 1.29 is 4.79 Å². The summed E-state index contributed by atoms with van der Waals surface area (Å²) in [5.74, 6) is 1.09. The highest BCUT2D eigenvalue weighted by molar-refractivity contribution is 5.81. The molecular weight excluding hydrogens is 176 g/mol. The Balaban J connectivity index is 3.73. The lowest BCUT2D eigenvalue weighted by atomic mass is 9.98. The first-order valence-electron chi connectivity index (χ1n) is 5.52. The van der Waals surface area contributed by atoms with Crippen molar-refractivity contribution in [2.24, 2.45) is 17.6 Å². The van der Waals surface area contributed by atoms with Gasteiger partial charge in [-0.25, -0.2) is 0 Å². The Morgan fingerprint density at radius 1 is 1.36 bits per heavy atom. The number of amides is 1. The maximum Gasteiger partial charge on any atom is 0.236 e. The Morgan fingerprint density at radius 3 is 2.36 bits per heavy atom. The minimum Gasteiger partial charge on any atom is -0.354 e. The SMILES string of the molecule is CCC[C@@H](N)C(=O)NCC(C)C(C)C. The second-order valence-electron chi connectivity index (χ2n) is 4.36. The van der Waals surface area contributed by atoms with Crippen molar-refractivity contribution in [3.63, 3.8) is 0 Å². The highest BCUT2D eigenvalue weighted by Crippen LogP contribution is 2.07. The summed E-state index contributed by atoms with van der Waals surface area (Å²) in [6.45, 7) is 9.21. The lowest BCUT2D eigenvalue weighted by molar-refractivity contribution is -0.122. The first kappa shape index (κ1) is 13.4. The van der Waals surface area contributed by atoms with Crippen LogP contribution in [-0.2, 0) is 4.79 Å². The molecule has 0 aromatic heterocycles. The van der Waals surface area contributed by atoms with E-state index in [4.69, 9.17) is 5.73 Å². The summed E-state index contributed by atoms with van der Waals surface area (Å²) in [7, 11) is 0. The predicted octanol–water partition coefficient (Wildman–Crippen LogP) is 1.52. The zero-order valence-electron chi connectivity index (χ0n) is 9.84. The van der Waals surface area contributed by atoms with Gasteiger partial charge in [0.05, 0.1) is 6.04 Å². The normalized spacial score (nSPS) is 15.3. The lowest BCUT2D eigenvalue weighted by Gasteiger charge is -2.17. The zero-order chi connectivity index (χ0) is 11.1. The molecule has 0 radical (unpaired) electrons. The van der Waals surface area contributed by atoms with Crippen LogP contribution in [-0.4, -0.2) is 18.5 Å². The van der Waals surface area contributed by atoms with Crippen LogP contribution in [0.25, 0.3) is 0 Å². The smallest absolute Gasteiger partial charge is 0.236 e. The maximum absolute atomic E-state index is 11.4. The van der Waals surface area contributed by atoms with Crippen LogP contribution in [0.4, 0.5) is 0 Å². The molecule has 0 aliphatic rings. The highest BCUT2D eigenvalue weighted by Gasteiger charge is 2.13. The number of rotatable bonds is 6. The summed E-state index contributed by atoms with van der Waals surface area (Å²) in [6, 6.07) is -0.334. The highest BCUT2D eigenvalue weighted by atomic mass is 16.2. The molecule has 0 aromatic rings. The van der Waals surface area contributed by atoms with Gasteiger partial charge in [-0.1, -0.05) is 34.1 Å². The van der Waals surface area contributed by atoms with Gasteiger partial charge in [-0.3, -0.25) is 4.79 Å². The molecule has 0 saturated carbocycles. The van der Waals surface area contributed by atoms with Gasteiger partial charge in [-0.15, -0.1) is 0 Å². The second kappa shape index (κ2) is 6.82. The van der Waals surface area contributed by atoms with Crippen molar-refractivity contribution >= 4 is 5.91 Å². The van der Waals surface area contributed by atoms with Crippen molar-refractivity contribution in [2.45, 2.75) is 46.6 Å². The summed E-state index contributed by atoms with van der Waals surface area (Å²) in [6.07, 6.45) is 1.72. The standard InChI is InChI=1S/C11H24N2O/c1-5-6-10(12)11(14)13-7-9(4)8(2)3/h8-10H,5-7,12H2,1-4H3,(H,13,14)/t9?,10-/m1/s1. The van der Waals surface area contributed by atoms with E-state index < -0.39 is 0 Å². The van der Waals surface area contributed by atoms with Crippen LogP contribution in [0.2, 0.25) is 0 Å². The summed E-state index contributed by atoms with van der Waals surface area (Å²) >= 11 is 0. The van der Waals surface area contributed by atoms with E-state index in [1.54, 1.807) is 0 Å². The van der Waals surface area contributed by atoms with Crippen molar-refractivity contribution in [3.05, 3.63) is 0 Å². The largest absolute Gasteiger partial charge is 0.354 e. The molecule has 1 amide bonds. The summed E-state index contributed by atoms with van der Waals surface area (Å²) in [4.78, 5) is 11.4. The van der Waals surface area contributed by atoms with E-state index in [-0.39, 0.29) is 11.9 Å². The molecule has 0 saturated heterocycles. The van der Waals surface area contributed by atoms with E-state index >= 15 is 0 Å². The molecule has 3 nitrogen and oxygen atoms in total. The van der Waals surface area contributed by atoms with Gasteiger partial charge in [0.15, 0.2) is 0 Å². The molecule has 84 valence electrons. The van der Waals surface area contributed by atoms with Gasteiger partial charge in [-0.2, -0.15) is 0 Å². The van der Waals surface area contributed by atoms with Crippen LogP contribution in [0.5, 0.6) is 0 Å². The Bertz CT molecular complexity index is 169. The number of carbonyl (C=O) groups excluding carboxylic acids is 1. The molecule has 3 N–H and O–H groups in total. The van der Waals surface area contributed by atoms with Gasteiger partial charge in [0.25, 0.3) is 0 Å². The van der Waals surface area contributed by atoms with Crippen molar-refractivity contribution in [3.8, 4) is 0 Å². The van der Waals surface area contributed by atoms with Crippen molar-refractivity contribution in [2.75, 3.05) is 6.54 Å². The Morgan fingerprint density at radius 2 is 1.93 bits per heavy atom. The molecule has 3 heteroatoms. The van der Waals surface area contributed by atoms with E-state index in [1.807, 2.05) is 6.92 Å². The van der Waals surface area contributed by atoms with Crippen LogP contribution in [0.15, 0.2) is 0 Å². The molecule has 0 aromatic carbocycles. The van der Waals surface area contributed by atoms with Crippen LogP contribution in [0, 0.1) is 11.8 Å². The monoisotopic (exact) mass is 200 g/mol. The molecule has 2 atom stereocenters. The van der Waals surface area contributed by atoms with Crippen LogP contribution in [0.3, 0.4) is 0 Å². The van der Waals surface area contributed by atoms with Crippen LogP contribution < -0.4 is 11.1 Å². The third-order valence-electron chi connectivity index (χ3n) is 2.67. The predicted molar refractivity (Wildman–Crippen MR) is 59.9 cm³/mol. The molecule has 0 spiro atoms. The topological polar surface area (TPSA) is 55.1 Å². The first-order valence-corrected chi connectivity index (χ1v) is 5.52. The fourth-order valence-electron chi connectivity index (χ4n) is 1.07. The molecule has 0 bridgehead atoms. The number of nitrogens with two attached hydrogens (primary N) is 1. The van der Waals surface area contributed by atoms with Gasteiger partial charge in [0, 0.05) is 6.54 Å². The number of hydrogen-bond acceptors (Lipinski definition) is 2. The molecular formula is C11H24N2O. The third-order valence-corrected chi connectivity index (χ3v) is 2.67. The van der Waals surface area contributed by atoms with E-state index in [0.717, 1.165) is 19.4 Å². The van der Waals surface area contributed by atoms with Gasteiger partial charge >= 0.3 is 0 Å². The van der Waals surface area contributed by atoms with Crippen molar-refractivity contribution in [1.82, 2.24) is 5.32 Å². The first-order chi connectivity index (χ1) is 6.49.